The highest BCUT2D eigenvalue weighted by Gasteiger charge is 2.20. The van der Waals surface area contributed by atoms with Crippen molar-refractivity contribution in [3.8, 4) is 5.75 Å². The summed E-state index contributed by atoms with van der Waals surface area (Å²) in [6.45, 7) is 1.91. The van der Waals surface area contributed by atoms with Gasteiger partial charge < -0.3 is 14.6 Å². The van der Waals surface area contributed by atoms with Gasteiger partial charge in [-0.05, 0) is 37.3 Å². The third-order valence-corrected chi connectivity index (χ3v) is 5.72. The van der Waals surface area contributed by atoms with Gasteiger partial charge in [0.25, 0.3) is 0 Å². The van der Waals surface area contributed by atoms with Crippen molar-refractivity contribution in [1.29, 1.82) is 0 Å². The highest BCUT2D eigenvalue weighted by molar-refractivity contribution is 8.00. The van der Waals surface area contributed by atoms with Crippen molar-refractivity contribution in [2.75, 3.05) is 5.32 Å². The van der Waals surface area contributed by atoms with E-state index in [-0.39, 0.29) is 17.5 Å². The lowest BCUT2D eigenvalue weighted by molar-refractivity contribution is -0.115. The molecular formula is C19H17Cl2FN4O2S. The first-order chi connectivity index (χ1) is 13.8. The van der Waals surface area contributed by atoms with Gasteiger partial charge in [0.05, 0.1) is 21.0 Å². The molecular weight excluding hydrogens is 438 g/mol. The van der Waals surface area contributed by atoms with Crippen molar-refractivity contribution in [3.63, 3.8) is 0 Å². The van der Waals surface area contributed by atoms with E-state index >= 15 is 0 Å². The first kappa shape index (κ1) is 21.4. The van der Waals surface area contributed by atoms with Crippen molar-refractivity contribution in [2.45, 2.75) is 23.9 Å². The summed E-state index contributed by atoms with van der Waals surface area (Å²) < 4.78 is 20.6. The molecule has 2 aromatic carbocycles. The van der Waals surface area contributed by atoms with Crippen LogP contribution >= 0.6 is 35.0 Å². The summed E-state index contributed by atoms with van der Waals surface area (Å²) in [4.78, 5) is 12.4. The zero-order valence-corrected chi connectivity index (χ0v) is 17.9. The van der Waals surface area contributed by atoms with Crippen molar-refractivity contribution in [3.05, 3.63) is 64.2 Å². The number of nitrogens with zero attached hydrogens (tertiary/aromatic N) is 3. The zero-order valence-electron chi connectivity index (χ0n) is 15.5. The lowest BCUT2D eigenvalue weighted by Gasteiger charge is -2.13. The topological polar surface area (TPSA) is 69.0 Å². The second-order valence-electron chi connectivity index (χ2n) is 6.05. The van der Waals surface area contributed by atoms with Crippen LogP contribution in [-0.2, 0) is 18.4 Å². The van der Waals surface area contributed by atoms with Gasteiger partial charge in [-0.2, -0.15) is 0 Å². The number of para-hydroxylation sites is 1. The first-order valence-corrected chi connectivity index (χ1v) is 10.2. The molecule has 0 saturated carbocycles. The van der Waals surface area contributed by atoms with Gasteiger partial charge in [0.1, 0.15) is 18.2 Å². The van der Waals surface area contributed by atoms with E-state index in [9.17, 15) is 9.18 Å². The molecule has 152 valence electrons. The number of hydrogen-bond acceptors (Lipinski definition) is 5. The number of halogens is 3. The quantitative estimate of drug-likeness (QED) is 0.510. The molecule has 0 bridgehead atoms. The molecule has 0 aliphatic carbocycles. The average molecular weight is 455 g/mol. The normalized spacial score (nSPS) is 11.9. The summed E-state index contributed by atoms with van der Waals surface area (Å²) in [7, 11) is 1.79. The van der Waals surface area contributed by atoms with Crippen LogP contribution in [0.3, 0.4) is 0 Å². The van der Waals surface area contributed by atoms with E-state index in [0.717, 1.165) is 6.07 Å². The largest absolute Gasteiger partial charge is 0.484 e. The Morgan fingerprint density at radius 2 is 2.00 bits per heavy atom. The van der Waals surface area contributed by atoms with Crippen LogP contribution in [0.15, 0.2) is 47.6 Å². The second-order valence-corrected chi connectivity index (χ2v) is 8.17. The standard InChI is InChI=1S/C19H17Cl2FN4O2S/c1-11(18(27)23-15-8-7-12(22)9-14(15)21)29-19-25-24-17(26(19)2)10-28-16-6-4-3-5-13(16)20/h3-9,11H,10H2,1-2H3,(H,23,27)/t11-/m1/s1. The minimum Gasteiger partial charge on any atom is -0.484 e. The summed E-state index contributed by atoms with van der Waals surface area (Å²) in [6.07, 6.45) is 0. The van der Waals surface area contributed by atoms with E-state index in [1.54, 1.807) is 30.7 Å². The number of rotatable bonds is 7. The van der Waals surface area contributed by atoms with E-state index < -0.39 is 11.1 Å². The van der Waals surface area contributed by atoms with Crippen LogP contribution in [0.25, 0.3) is 0 Å². The monoisotopic (exact) mass is 454 g/mol. The number of hydrogen-bond donors (Lipinski definition) is 1. The number of nitrogens with one attached hydrogen (secondary N) is 1. The summed E-state index contributed by atoms with van der Waals surface area (Å²) >= 11 is 13.3. The number of carbonyl (C=O) groups is 1. The van der Waals surface area contributed by atoms with Gasteiger partial charge in [-0.25, -0.2) is 4.39 Å². The molecule has 1 atom stereocenters. The molecule has 0 spiro atoms. The minimum atomic E-state index is -0.489. The van der Waals surface area contributed by atoms with Gasteiger partial charge in [0, 0.05) is 7.05 Å². The van der Waals surface area contributed by atoms with Crippen LogP contribution in [0.1, 0.15) is 12.7 Å². The number of anilines is 1. The SMILES string of the molecule is C[C@@H](Sc1nnc(COc2ccccc2Cl)n1C)C(=O)Nc1ccc(F)cc1Cl. The molecule has 0 fully saturated rings. The smallest absolute Gasteiger partial charge is 0.237 e. The molecule has 1 amide bonds. The van der Waals surface area contributed by atoms with Crippen LogP contribution < -0.4 is 10.1 Å². The molecule has 0 radical (unpaired) electrons. The lowest BCUT2D eigenvalue weighted by Crippen LogP contribution is -2.23. The Balaban J connectivity index is 1.61. The summed E-state index contributed by atoms with van der Waals surface area (Å²) in [5, 5.41) is 11.6. The van der Waals surface area contributed by atoms with Crippen LogP contribution in [-0.4, -0.2) is 25.9 Å². The van der Waals surface area contributed by atoms with Crippen LogP contribution in [0.2, 0.25) is 10.0 Å². The molecule has 1 heterocycles. The molecule has 0 aliphatic heterocycles. The maximum atomic E-state index is 13.1. The Hall–Kier alpha value is -2.29. The Kier molecular flexibility index (Phi) is 7.00. The maximum Gasteiger partial charge on any atom is 0.237 e. The summed E-state index contributed by atoms with van der Waals surface area (Å²) in [5.41, 5.74) is 0.345. The molecule has 0 saturated heterocycles. The third kappa shape index (κ3) is 5.41. The van der Waals surface area contributed by atoms with Crippen LogP contribution in [0, 0.1) is 5.82 Å². The minimum absolute atomic E-state index is 0.133. The molecule has 10 heteroatoms. The number of aromatic nitrogens is 3. The molecule has 3 aromatic rings. The predicted octanol–water partition coefficient (Wildman–Crippen LogP) is 4.96. The Labute approximate surface area is 181 Å². The van der Waals surface area contributed by atoms with Gasteiger partial charge in [0.15, 0.2) is 11.0 Å². The zero-order chi connectivity index (χ0) is 21.0. The van der Waals surface area contributed by atoms with E-state index in [1.165, 1.54) is 23.9 Å². The summed E-state index contributed by atoms with van der Waals surface area (Å²) in [6, 6.07) is 10.9. The number of amides is 1. The van der Waals surface area contributed by atoms with E-state index in [4.69, 9.17) is 27.9 Å². The first-order valence-electron chi connectivity index (χ1n) is 8.53. The Bertz CT molecular complexity index is 1030. The average Bonchev–Trinajstić information content (AvgIpc) is 3.03. The number of carbonyl (C=O) groups excluding carboxylic acids is 1. The van der Waals surface area contributed by atoms with Crippen molar-refractivity contribution in [2.24, 2.45) is 7.05 Å². The van der Waals surface area contributed by atoms with Crippen LogP contribution in [0.5, 0.6) is 5.75 Å². The van der Waals surface area contributed by atoms with Gasteiger partial charge in [0.2, 0.25) is 5.91 Å². The molecule has 0 unspecified atom stereocenters. The summed E-state index contributed by atoms with van der Waals surface area (Å²) in [5.74, 6) is 0.373. The molecule has 6 nitrogen and oxygen atoms in total. The van der Waals surface area contributed by atoms with E-state index in [1.807, 2.05) is 12.1 Å². The Morgan fingerprint density at radius 1 is 1.24 bits per heavy atom. The number of thioether (sulfide) groups is 1. The molecule has 1 N–H and O–H groups in total. The highest BCUT2D eigenvalue weighted by atomic mass is 35.5. The molecule has 29 heavy (non-hydrogen) atoms. The van der Waals surface area contributed by atoms with Crippen molar-refractivity contribution >= 4 is 46.6 Å². The van der Waals surface area contributed by atoms with Crippen LogP contribution in [0.4, 0.5) is 10.1 Å². The van der Waals surface area contributed by atoms with Crippen molar-refractivity contribution in [1.82, 2.24) is 14.8 Å². The molecule has 3 rings (SSSR count). The third-order valence-electron chi connectivity index (χ3n) is 3.96. The molecule has 1 aromatic heterocycles. The fraction of sp³-hybridized carbons (Fsp3) is 0.211. The van der Waals surface area contributed by atoms with Gasteiger partial charge >= 0.3 is 0 Å². The molecule has 0 aliphatic rings. The fourth-order valence-corrected chi connectivity index (χ4v) is 3.55. The highest BCUT2D eigenvalue weighted by Crippen LogP contribution is 2.27. The van der Waals surface area contributed by atoms with E-state index in [2.05, 4.69) is 15.5 Å². The predicted molar refractivity (Wildman–Crippen MR) is 112 cm³/mol. The maximum absolute atomic E-state index is 13.1. The van der Waals surface area contributed by atoms with Gasteiger partial charge in [-0.3, -0.25) is 4.79 Å². The Morgan fingerprint density at radius 3 is 2.72 bits per heavy atom. The number of ether oxygens (including phenoxy) is 1. The van der Waals surface area contributed by atoms with Gasteiger partial charge in [-0.15, -0.1) is 10.2 Å². The second kappa shape index (κ2) is 9.47. The van der Waals surface area contributed by atoms with Gasteiger partial charge in [-0.1, -0.05) is 47.1 Å². The van der Waals surface area contributed by atoms with E-state index in [0.29, 0.717) is 27.4 Å². The lowest BCUT2D eigenvalue weighted by atomic mass is 10.3. The number of benzene rings is 2. The fourth-order valence-electron chi connectivity index (χ4n) is 2.31. The van der Waals surface area contributed by atoms with Crippen molar-refractivity contribution < 1.29 is 13.9 Å².